The fraction of sp³-hybridized carbons (Fsp3) is 0.0833. The number of aldehydes is 1. The van der Waals surface area contributed by atoms with Crippen LogP contribution in [-0.2, 0) is 4.79 Å². The Hall–Kier alpha value is -1.83. The lowest BCUT2D eigenvalue weighted by atomic mass is 10.0. The average molecular weight is 185 g/mol. The van der Waals surface area contributed by atoms with Crippen LogP contribution in [0.2, 0.25) is 0 Å². The van der Waals surface area contributed by atoms with Gasteiger partial charge in [0.1, 0.15) is 6.29 Å². The van der Waals surface area contributed by atoms with E-state index in [1.165, 1.54) is 0 Å². The van der Waals surface area contributed by atoms with Crippen molar-refractivity contribution in [3.63, 3.8) is 0 Å². The van der Waals surface area contributed by atoms with Gasteiger partial charge in [-0.25, -0.2) is 0 Å². The van der Waals surface area contributed by atoms with E-state index in [9.17, 15) is 4.79 Å². The minimum atomic E-state index is 0.821. The molecule has 0 unspecified atom stereocenters. The Morgan fingerprint density at radius 1 is 1.29 bits per heavy atom. The number of rotatable bonds is 1. The van der Waals surface area contributed by atoms with E-state index in [1.54, 1.807) is 6.08 Å². The van der Waals surface area contributed by atoms with Gasteiger partial charge in [0.25, 0.3) is 0 Å². The smallest absolute Gasteiger partial charge is 0.143 e. The van der Waals surface area contributed by atoms with E-state index in [0.717, 1.165) is 23.1 Å². The molecule has 14 heavy (non-hydrogen) atoms. The number of allylic oxidation sites excluding steroid dienone is 3. The van der Waals surface area contributed by atoms with Gasteiger partial charge in [0, 0.05) is 24.5 Å². The van der Waals surface area contributed by atoms with Gasteiger partial charge in [-0.3, -0.25) is 4.79 Å². The normalized spacial score (nSPS) is 16.9. The highest BCUT2D eigenvalue weighted by Gasteiger charge is 2.11. The maximum absolute atomic E-state index is 10.4. The Labute approximate surface area is 83.2 Å². The second kappa shape index (κ2) is 3.50. The summed E-state index contributed by atoms with van der Waals surface area (Å²) >= 11 is 0. The molecule has 1 aromatic carbocycles. The van der Waals surface area contributed by atoms with E-state index >= 15 is 0 Å². The summed E-state index contributed by atoms with van der Waals surface area (Å²) in [4.78, 5) is 12.5. The minimum absolute atomic E-state index is 0.821. The van der Waals surface area contributed by atoms with Crippen molar-refractivity contribution in [3.05, 3.63) is 48.2 Å². The standard InChI is InChI=1S/C12H11NO/c1-13-8-6-10(7-9-14)11-4-2-3-5-12(11)13/h2-9H,1H3. The van der Waals surface area contributed by atoms with Gasteiger partial charge >= 0.3 is 0 Å². The van der Waals surface area contributed by atoms with E-state index in [2.05, 4.69) is 0 Å². The molecule has 2 heteroatoms. The van der Waals surface area contributed by atoms with Crippen LogP contribution in [0.3, 0.4) is 0 Å². The monoisotopic (exact) mass is 185 g/mol. The predicted molar refractivity (Wildman–Crippen MR) is 58.0 cm³/mol. The van der Waals surface area contributed by atoms with Gasteiger partial charge in [-0.1, -0.05) is 18.2 Å². The van der Waals surface area contributed by atoms with E-state index in [0.29, 0.717) is 0 Å². The molecule has 1 aromatic rings. The molecule has 0 spiro atoms. The van der Waals surface area contributed by atoms with Crippen LogP contribution in [0.1, 0.15) is 5.56 Å². The van der Waals surface area contributed by atoms with Crippen LogP contribution in [-0.4, -0.2) is 13.3 Å². The first-order valence-electron chi connectivity index (χ1n) is 4.49. The van der Waals surface area contributed by atoms with E-state index in [4.69, 9.17) is 0 Å². The fourth-order valence-corrected chi connectivity index (χ4v) is 1.61. The van der Waals surface area contributed by atoms with Gasteiger partial charge in [-0.05, 0) is 23.8 Å². The quantitative estimate of drug-likeness (QED) is 0.494. The summed E-state index contributed by atoms with van der Waals surface area (Å²) in [5, 5.41) is 0. The van der Waals surface area contributed by atoms with Crippen molar-refractivity contribution in [3.8, 4) is 0 Å². The Morgan fingerprint density at radius 2 is 2.07 bits per heavy atom. The summed E-state index contributed by atoms with van der Waals surface area (Å²) in [5.74, 6) is 0. The highest BCUT2D eigenvalue weighted by Crippen LogP contribution is 2.30. The molecular weight excluding hydrogens is 174 g/mol. The second-order valence-electron chi connectivity index (χ2n) is 3.20. The number of hydrogen-bond donors (Lipinski definition) is 0. The minimum Gasteiger partial charge on any atom is -0.351 e. The zero-order chi connectivity index (χ0) is 9.97. The molecule has 0 saturated heterocycles. The summed E-state index contributed by atoms with van der Waals surface area (Å²) in [5.41, 5.74) is 3.20. The predicted octanol–water partition coefficient (Wildman–Crippen LogP) is 2.23. The van der Waals surface area contributed by atoms with Crippen molar-refractivity contribution in [2.24, 2.45) is 0 Å². The summed E-state index contributed by atoms with van der Waals surface area (Å²) in [6.07, 6.45) is 6.30. The SMILES string of the molecule is CN1C=CC(=CC=O)c2ccccc21. The Kier molecular flexibility index (Phi) is 2.19. The summed E-state index contributed by atoms with van der Waals surface area (Å²) in [6.45, 7) is 0. The molecule has 0 radical (unpaired) electrons. The third-order valence-electron chi connectivity index (χ3n) is 2.32. The molecule has 0 bridgehead atoms. The van der Waals surface area contributed by atoms with Crippen molar-refractivity contribution < 1.29 is 4.79 Å². The van der Waals surface area contributed by atoms with Crippen molar-refractivity contribution in [2.75, 3.05) is 11.9 Å². The maximum Gasteiger partial charge on any atom is 0.143 e. The molecule has 1 heterocycles. The molecule has 0 fully saturated rings. The zero-order valence-electron chi connectivity index (χ0n) is 7.97. The second-order valence-corrected chi connectivity index (χ2v) is 3.20. The molecule has 1 aliphatic heterocycles. The first-order chi connectivity index (χ1) is 6.83. The van der Waals surface area contributed by atoms with Crippen molar-refractivity contribution in [1.29, 1.82) is 0 Å². The first kappa shape index (κ1) is 8.75. The number of fused-ring (bicyclic) bond motifs is 1. The first-order valence-corrected chi connectivity index (χ1v) is 4.49. The molecule has 2 nitrogen and oxygen atoms in total. The molecule has 0 atom stereocenters. The number of anilines is 1. The van der Waals surface area contributed by atoms with Crippen LogP contribution in [0.4, 0.5) is 5.69 Å². The van der Waals surface area contributed by atoms with Gasteiger partial charge in [-0.15, -0.1) is 0 Å². The molecule has 0 N–H and O–H groups in total. The lowest BCUT2D eigenvalue weighted by Crippen LogP contribution is -2.13. The third kappa shape index (κ3) is 1.35. The molecule has 70 valence electrons. The Balaban J connectivity index is 2.58. The van der Waals surface area contributed by atoms with Crippen LogP contribution in [0.5, 0.6) is 0 Å². The molecule has 0 aromatic heterocycles. The van der Waals surface area contributed by atoms with E-state index in [1.807, 2.05) is 48.5 Å². The largest absolute Gasteiger partial charge is 0.351 e. The molecule has 1 aliphatic rings. The zero-order valence-corrected chi connectivity index (χ0v) is 7.97. The van der Waals surface area contributed by atoms with Gasteiger partial charge < -0.3 is 4.90 Å². The van der Waals surface area contributed by atoms with Crippen molar-refractivity contribution >= 4 is 17.5 Å². The number of carbonyl (C=O) groups excluding carboxylic acids is 1. The Morgan fingerprint density at radius 3 is 2.86 bits per heavy atom. The van der Waals surface area contributed by atoms with Gasteiger partial charge in [0.05, 0.1) is 0 Å². The molecule has 0 amide bonds. The van der Waals surface area contributed by atoms with E-state index in [-0.39, 0.29) is 0 Å². The third-order valence-corrected chi connectivity index (χ3v) is 2.32. The summed E-state index contributed by atoms with van der Waals surface area (Å²) in [6, 6.07) is 8.03. The highest BCUT2D eigenvalue weighted by molar-refractivity contribution is 5.92. The number of carbonyl (C=O) groups is 1. The lowest BCUT2D eigenvalue weighted by molar-refractivity contribution is -0.104. The van der Waals surface area contributed by atoms with Crippen LogP contribution in [0.25, 0.3) is 5.57 Å². The van der Waals surface area contributed by atoms with Gasteiger partial charge in [0.15, 0.2) is 0 Å². The van der Waals surface area contributed by atoms with Crippen LogP contribution in [0, 0.1) is 0 Å². The molecule has 0 saturated carbocycles. The molecular formula is C12H11NO. The summed E-state index contributed by atoms with van der Waals surface area (Å²) < 4.78 is 0. The van der Waals surface area contributed by atoms with Crippen molar-refractivity contribution in [1.82, 2.24) is 0 Å². The topological polar surface area (TPSA) is 20.3 Å². The van der Waals surface area contributed by atoms with Crippen LogP contribution >= 0.6 is 0 Å². The van der Waals surface area contributed by atoms with Crippen molar-refractivity contribution in [2.45, 2.75) is 0 Å². The molecule has 0 aliphatic carbocycles. The number of hydrogen-bond acceptors (Lipinski definition) is 2. The fourth-order valence-electron chi connectivity index (χ4n) is 1.61. The van der Waals surface area contributed by atoms with Gasteiger partial charge in [0.2, 0.25) is 0 Å². The van der Waals surface area contributed by atoms with Gasteiger partial charge in [-0.2, -0.15) is 0 Å². The van der Waals surface area contributed by atoms with Crippen LogP contribution < -0.4 is 4.90 Å². The lowest BCUT2D eigenvalue weighted by Gasteiger charge is -2.23. The Bertz CT molecular complexity index is 418. The average Bonchev–Trinajstić information content (AvgIpc) is 2.23. The van der Waals surface area contributed by atoms with E-state index < -0.39 is 0 Å². The molecule has 2 rings (SSSR count). The number of benzene rings is 1. The summed E-state index contributed by atoms with van der Waals surface area (Å²) in [7, 11) is 1.99. The van der Waals surface area contributed by atoms with Crippen LogP contribution in [0.15, 0.2) is 42.6 Å². The highest BCUT2D eigenvalue weighted by atomic mass is 16.1. The number of para-hydroxylation sites is 1. The maximum atomic E-state index is 10.4. The number of nitrogens with zero attached hydrogens (tertiary/aromatic N) is 1.